The van der Waals surface area contributed by atoms with Crippen molar-refractivity contribution in [2.75, 3.05) is 0 Å². The Morgan fingerprint density at radius 3 is 1.87 bits per heavy atom. The second-order valence-corrected chi connectivity index (χ2v) is 18.1. The van der Waals surface area contributed by atoms with E-state index in [4.69, 9.17) is 9.97 Å². The molecule has 0 bridgehead atoms. The molecule has 9 aromatic rings. The Kier molecular flexibility index (Phi) is 12.0. The van der Waals surface area contributed by atoms with Crippen LogP contribution < -0.4 is 0 Å². The van der Waals surface area contributed by atoms with Crippen LogP contribution in [0.4, 0.5) is 0 Å². The molecule has 2 aromatic heterocycles. The third-order valence-corrected chi connectivity index (χ3v) is 12.4. The Bertz CT molecular complexity index is 3070. The first-order valence-electron chi connectivity index (χ1n) is 21.6. The zero-order chi connectivity index (χ0) is 43.2. The van der Waals surface area contributed by atoms with Crippen molar-refractivity contribution in [2.45, 2.75) is 65.7 Å². The van der Waals surface area contributed by atoms with Crippen molar-refractivity contribution >= 4 is 11.0 Å². The van der Waals surface area contributed by atoms with Gasteiger partial charge < -0.3 is 5.11 Å². The van der Waals surface area contributed by atoms with Crippen molar-refractivity contribution in [1.82, 2.24) is 14.5 Å². The Morgan fingerprint density at radius 1 is 0.587 bits per heavy atom. The molecule has 2 heterocycles. The fourth-order valence-electron chi connectivity index (χ4n) is 8.51. The summed E-state index contributed by atoms with van der Waals surface area (Å²) in [6.07, 6.45) is 2.88. The van der Waals surface area contributed by atoms with E-state index >= 15 is 0 Å². The third-order valence-electron chi connectivity index (χ3n) is 12.4. The van der Waals surface area contributed by atoms with E-state index < -0.39 is 0 Å². The first-order valence-corrected chi connectivity index (χ1v) is 21.6. The minimum atomic E-state index is -0.301. The average Bonchev–Trinajstić information content (AvgIpc) is 3.69. The number of fused-ring (bicyclic) bond motifs is 1. The van der Waals surface area contributed by atoms with E-state index in [9.17, 15) is 5.11 Å². The zero-order valence-electron chi connectivity index (χ0n) is 37.0. The van der Waals surface area contributed by atoms with Crippen LogP contribution in [0.15, 0.2) is 170 Å². The molecule has 63 heavy (non-hydrogen) atoms. The second kappa shape index (κ2) is 17.4. The molecular weight excluding hydrogens is 950 g/mol. The van der Waals surface area contributed by atoms with Crippen LogP contribution in [-0.4, -0.2) is 19.6 Å². The topological polar surface area (TPSA) is 50.9 Å². The van der Waals surface area contributed by atoms with Crippen molar-refractivity contribution in [1.29, 1.82) is 0 Å². The number of para-hydroxylation sites is 1. The number of benzene rings is 7. The monoisotopic (exact) mass is 1000 g/mol. The number of imidazole rings is 1. The summed E-state index contributed by atoms with van der Waals surface area (Å²) in [5, 5.41) is 12.3. The maximum atomic E-state index is 12.3. The number of nitrogens with zero attached hydrogens (tertiary/aromatic N) is 3. The summed E-state index contributed by atoms with van der Waals surface area (Å²) >= 11 is 0. The number of aromatic hydroxyl groups is 1. The van der Waals surface area contributed by atoms with Crippen molar-refractivity contribution in [3.63, 3.8) is 0 Å². The van der Waals surface area contributed by atoms with E-state index in [1.54, 1.807) is 0 Å². The number of phenolic OH excluding ortho intramolecular Hbond substituents is 1. The van der Waals surface area contributed by atoms with Gasteiger partial charge >= 0.3 is 0 Å². The average molecular weight is 1000 g/mol. The molecule has 7 aromatic carbocycles. The van der Waals surface area contributed by atoms with Gasteiger partial charge in [0.2, 0.25) is 0 Å². The molecule has 0 radical (unpaired) electrons. The van der Waals surface area contributed by atoms with Gasteiger partial charge in [-0.15, -0.1) is 23.8 Å². The number of phenols is 1. The fourth-order valence-corrected chi connectivity index (χ4v) is 8.51. The molecular formula is C58H52N3OPt-. The standard InChI is InChI=1S/C58H52N3O.Pt/c1-8-58(6,7)46-27-28-52(48(37-46)41-23-16-11-17-24-41)61-53-26-18-25-47(54(53)60-56(61)49-31-38(2)32-50(55(49)62)57(3,4)5)44-33-43(40-21-14-10-15-22-40)34-45(35-44)51-36-42(29-30-59-51)39-19-12-9-13-20-39;/h9-34,36-37,62H,8H2,1-7H3;/q-1;. The van der Waals surface area contributed by atoms with Gasteiger partial charge in [-0.2, -0.15) is 0 Å². The molecule has 5 heteroatoms. The molecule has 0 unspecified atom stereocenters. The van der Waals surface area contributed by atoms with Gasteiger partial charge in [-0.1, -0.05) is 180 Å². The van der Waals surface area contributed by atoms with Gasteiger partial charge in [0.1, 0.15) is 11.6 Å². The number of hydrogen-bond donors (Lipinski definition) is 1. The molecule has 0 saturated carbocycles. The van der Waals surface area contributed by atoms with Gasteiger partial charge in [0.05, 0.1) is 22.3 Å². The van der Waals surface area contributed by atoms with Crippen LogP contribution in [0.2, 0.25) is 0 Å². The molecule has 1 N–H and O–H groups in total. The van der Waals surface area contributed by atoms with Crippen LogP contribution >= 0.6 is 0 Å². The van der Waals surface area contributed by atoms with Crippen molar-refractivity contribution in [3.8, 4) is 78.6 Å². The summed E-state index contributed by atoms with van der Waals surface area (Å²) in [5.41, 5.74) is 16.5. The molecule has 0 saturated heterocycles. The van der Waals surface area contributed by atoms with Crippen LogP contribution in [0.25, 0.3) is 83.9 Å². The summed E-state index contributed by atoms with van der Waals surface area (Å²) in [5.74, 6) is 0.922. The maximum Gasteiger partial charge on any atom is 0.148 e. The summed E-state index contributed by atoms with van der Waals surface area (Å²) < 4.78 is 2.26. The Morgan fingerprint density at radius 2 is 1.22 bits per heavy atom. The molecule has 0 atom stereocenters. The van der Waals surface area contributed by atoms with Gasteiger partial charge in [-0.25, -0.2) is 4.98 Å². The number of hydrogen-bond acceptors (Lipinski definition) is 3. The number of aromatic nitrogens is 3. The molecule has 0 aliphatic carbocycles. The van der Waals surface area contributed by atoms with Gasteiger partial charge in [0, 0.05) is 44.1 Å². The fraction of sp³-hybridized carbons (Fsp3) is 0.172. The van der Waals surface area contributed by atoms with Gasteiger partial charge in [0.25, 0.3) is 0 Å². The molecule has 4 nitrogen and oxygen atoms in total. The van der Waals surface area contributed by atoms with Crippen molar-refractivity contribution < 1.29 is 26.2 Å². The molecule has 316 valence electrons. The van der Waals surface area contributed by atoms with E-state index in [-0.39, 0.29) is 37.6 Å². The Labute approximate surface area is 386 Å². The molecule has 0 amide bonds. The summed E-state index contributed by atoms with van der Waals surface area (Å²) in [6.45, 7) is 15.4. The number of rotatable bonds is 9. The molecule has 9 rings (SSSR count). The Balaban J connectivity index is 0.00000544. The first kappa shape index (κ1) is 43.3. The van der Waals surface area contributed by atoms with Crippen LogP contribution in [-0.2, 0) is 31.9 Å². The van der Waals surface area contributed by atoms with Gasteiger partial charge in [0.15, 0.2) is 0 Å². The van der Waals surface area contributed by atoms with E-state index in [0.717, 1.165) is 90.0 Å². The summed E-state index contributed by atoms with van der Waals surface area (Å²) in [6, 6.07) is 61.4. The Hall–Kier alpha value is -6.35. The molecule has 0 aliphatic heterocycles. The summed E-state index contributed by atoms with van der Waals surface area (Å²) in [7, 11) is 0. The minimum absolute atomic E-state index is 0. The second-order valence-electron chi connectivity index (χ2n) is 18.1. The molecule has 0 spiro atoms. The van der Waals surface area contributed by atoms with Crippen LogP contribution in [0.5, 0.6) is 5.75 Å². The maximum absolute atomic E-state index is 12.3. The minimum Gasteiger partial charge on any atom is -0.507 e. The van der Waals surface area contributed by atoms with E-state index in [1.807, 2.05) is 18.3 Å². The quantitative estimate of drug-likeness (QED) is 0.147. The van der Waals surface area contributed by atoms with E-state index in [2.05, 4.69) is 211 Å². The van der Waals surface area contributed by atoms with Crippen LogP contribution in [0, 0.1) is 13.0 Å². The predicted octanol–water partition coefficient (Wildman–Crippen LogP) is 15.2. The normalized spacial score (nSPS) is 11.7. The van der Waals surface area contributed by atoms with Crippen LogP contribution in [0.1, 0.15) is 64.7 Å². The summed E-state index contributed by atoms with van der Waals surface area (Å²) in [4.78, 5) is 10.5. The molecule has 0 aliphatic rings. The first-order chi connectivity index (χ1) is 29.9. The van der Waals surface area contributed by atoms with E-state index in [0.29, 0.717) is 11.4 Å². The third kappa shape index (κ3) is 8.45. The van der Waals surface area contributed by atoms with Gasteiger partial charge in [-0.3, -0.25) is 9.55 Å². The molecule has 0 fully saturated rings. The largest absolute Gasteiger partial charge is 0.507 e. The smallest absolute Gasteiger partial charge is 0.148 e. The predicted molar refractivity (Wildman–Crippen MR) is 259 cm³/mol. The van der Waals surface area contributed by atoms with Crippen LogP contribution in [0.3, 0.4) is 0 Å². The van der Waals surface area contributed by atoms with Crippen molar-refractivity contribution in [3.05, 3.63) is 193 Å². The zero-order valence-corrected chi connectivity index (χ0v) is 39.3. The van der Waals surface area contributed by atoms with E-state index in [1.165, 1.54) is 5.56 Å². The SMILES string of the molecule is CCC(C)(C)c1ccc(-n2c(-c3cc(C)cc(C(C)(C)C)c3O)nc3c(-c4[c-]c(-c5cc(-c6ccccc6)ccn5)cc(-c5ccccc5)c4)cccc32)c(-c2ccccc2)c1.[Pt]. The van der Waals surface area contributed by atoms with Crippen molar-refractivity contribution in [2.24, 2.45) is 0 Å². The number of pyridine rings is 1. The number of aryl methyl sites for hydroxylation is 1. The van der Waals surface area contributed by atoms with Gasteiger partial charge in [-0.05, 0) is 87.9 Å².